The van der Waals surface area contributed by atoms with Gasteiger partial charge in [-0.25, -0.2) is 9.52 Å². The molecule has 0 spiro atoms. The zero-order chi connectivity index (χ0) is 13.3. The monoisotopic (exact) mass is 267 g/mol. The molecule has 0 fully saturated rings. The first-order chi connectivity index (χ1) is 7.97. The van der Waals surface area contributed by atoms with Crippen molar-refractivity contribution in [3.63, 3.8) is 0 Å². The largest absolute Gasteiger partial charge is 0.449 e. The van der Waals surface area contributed by atoms with Crippen LogP contribution in [-0.2, 0) is 14.9 Å². The van der Waals surface area contributed by atoms with Gasteiger partial charge < -0.3 is 10.5 Å². The summed E-state index contributed by atoms with van der Waals surface area (Å²) in [6.45, 7) is 4.61. The third-order valence-electron chi connectivity index (χ3n) is 1.91. The molecule has 0 unspecified atom stereocenters. The topological polar surface area (TPSA) is 102 Å². The Balaban J connectivity index is 4.53. The van der Waals surface area contributed by atoms with Gasteiger partial charge in [-0.2, -0.15) is 12.7 Å². The molecule has 0 aromatic rings. The van der Waals surface area contributed by atoms with Crippen molar-refractivity contribution in [2.75, 3.05) is 26.2 Å². The van der Waals surface area contributed by atoms with Crippen molar-refractivity contribution in [3.8, 4) is 0 Å². The minimum Gasteiger partial charge on any atom is -0.449 e. The normalized spacial score (nSPS) is 11.5. The van der Waals surface area contributed by atoms with Crippen molar-refractivity contribution >= 4 is 16.3 Å². The van der Waals surface area contributed by atoms with E-state index in [1.54, 1.807) is 6.92 Å². The van der Waals surface area contributed by atoms with Crippen LogP contribution in [0.3, 0.4) is 0 Å². The molecule has 17 heavy (non-hydrogen) atoms. The number of amides is 1. The number of hydrogen-bond acceptors (Lipinski definition) is 5. The van der Waals surface area contributed by atoms with E-state index >= 15 is 0 Å². The average Bonchev–Trinajstić information content (AvgIpc) is 2.23. The van der Waals surface area contributed by atoms with Gasteiger partial charge in [0, 0.05) is 13.1 Å². The maximum Gasteiger partial charge on any atom is 0.421 e. The number of rotatable bonds is 8. The van der Waals surface area contributed by atoms with Gasteiger partial charge in [0.25, 0.3) is 0 Å². The van der Waals surface area contributed by atoms with E-state index in [0.717, 1.165) is 0 Å². The van der Waals surface area contributed by atoms with Crippen LogP contribution in [0.4, 0.5) is 4.79 Å². The maximum absolute atomic E-state index is 11.8. The van der Waals surface area contributed by atoms with Crippen molar-refractivity contribution in [1.29, 1.82) is 0 Å². The lowest BCUT2D eigenvalue weighted by atomic mass is 10.4. The van der Waals surface area contributed by atoms with Crippen LogP contribution >= 0.6 is 0 Å². The Morgan fingerprint density at radius 1 is 1.35 bits per heavy atom. The van der Waals surface area contributed by atoms with E-state index in [0.29, 0.717) is 32.5 Å². The fourth-order valence-electron chi connectivity index (χ4n) is 1.20. The summed E-state index contributed by atoms with van der Waals surface area (Å²) in [6, 6.07) is 0. The van der Waals surface area contributed by atoms with Crippen molar-refractivity contribution in [2.45, 2.75) is 26.7 Å². The summed E-state index contributed by atoms with van der Waals surface area (Å²) >= 11 is 0. The first-order valence-electron chi connectivity index (χ1n) is 5.62. The Morgan fingerprint density at radius 2 is 2.00 bits per heavy atom. The number of carbonyl (C=O) groups is 1. The predicted octanol–water partition coefficient (Wildman–Crippen LogP) is 0.0381. The molecule has 0 aliphatic heterocycles. The van der Waals surface area contributed by atoms with Crippen LogP contribution < -0.4 is 10.5 Å². The number of nitrogens with two attached hydrogens (primary N) is 1. The predicted molar refractivity (Wildman–Crippen MR) is 64.6 cm³/mol. The second-order valence-electron chi connectivity index (χ2n) is 3.37. The fourth-order valence-corrected chi connectivity index (χ4v) is 2.39. The van der Waals surface area contributed by atoms with E-state index in [4.69, 9.17) is 5.73 Å². The lowest BCUT2D eigenvalue weighted by Crippen LogP contribution is -2.44. The Morgan fingerprint density at radius 3 is 2.47 bits per heavy atom. The molecule has 0 saturated heterocycles. The van der Waals surface area contributed by atoms with Crippen LogP contribution in [0.5, 0.6) is 0 Å². The van der Waals surface area contributed by atoms with Crippen LogP contribution in [0.2, 0.25) is 0 Å². The van der Waals surface area contributed by atoms with Gasteiger partial charge >= 0.3 is 16.3 Å². The van der Waals surface area contributed by atoms with Crippen LogP contribution in [0.15, 0.2) is 0 Å². The summed E-state index contributed by atoms with van der Waals surface area (Å²) in [6.07, 6.45) is 0.249. The van der Waals surface area contributed by atoms with E-state index in [9.17, 15) is 13.2 Å². The number of ether oxygens (including phenoxy) is 1. The van der Waals surface area contributed by atoms with Crippen LogP contribution in [0.25, 0.3) is 0 Å². The van der Waals surface area contributed by atoms with Crippen molar-refractivity contribution in [1.82, 2.24) is 9.03 Å². The van der Waals surface area contributed by atoms with Gasteiger partial charge in [-0.3, -0.25) is 0 Å². The summed E-state index contributed by atoms with van der Waals surface area (Å²) in [5, 5.41) is 0. The van der Waals surface area contributed by atoms with E-state index in [1.807, 2.05) is 11.6 Å². The molecule has 3 N–H and O–H groups in total. The number of nitrogens with one attached hydrogen (secondary N) is 1. The minimum atomic E-state index is -3.82. The highest BCUT2D eigenvalue weighted by Gasteiger charge is 2.23. The second kappa shape index (κ2) is 8.26. The Labute approximate surface area is 102 Å². The molecule has 7 nitrogen and oxygen atoms in total. The maximum atomic E-state index is 11.8. The smallest absolute Gasteiger partial charge is 0.421 e. The van der Waals surface area contributed by atoms with Gasteiger partial charge in [0.05, 0.1) is 6.61 Å². The molecule has 0 atom stereocenters. The van der Waals surface area contributed by atoms with Crippen molar-refractivity contribution < 1.29 is 17.9 Å². The molecule has 0 radical (unpaired) electrons. The van der Waals surface area contributed by atoms with Gasteiger partial charge in [-0.1, -0.05) is 6.92 Å². The minimum absolute atomic E-state index is 0.123. The van der Waals surface area contributed by atoms with E-state index < -0.39 is 16.3 Å². The number of hydrogen-bond donors (Lipinski definition) is 2. The molecule has 0 aromatic heterocycles. The molecule has 0 aliphatic rings. The highest BCUT2D eigenvalue weighted by molar-refractivity contribution is 7.87. The molecular weight excluding hydrogens is 246 g/mol. The van der Waals surface area contributed by atoms with Gasteiger partial charge in [0.15, 0.2) is 0 Å². The van der Waals surface area contributed by atoms with Gasteiger partial charge in [0.2, 0.25) is 0 Å². The first kappa shape index (κ1) is 16.1. The first-order valence-corrected chi connectivity index (χ1v) is 7.06. The zero-order valence-corrected chi connectivity index (χ0v) is 11.1. The van der Waals surface area contributed by atoms with E-state index in [2.05, 4.69) is 4.74 Å². The highest BCUT2D eigenvalue weighted by atomic mass is 32.2. The Hall–Kier alpha value is -0.860. The van der Waals surface area contributed by atoms with E-state index in [1.165, 1.54) is 4.31 Å². The standard InChI is InChI=1S/C9H21N3O4S/c1-3-7-12(8-5-6-10)17(14,15)11-9(13)16-4-2/h3-8,10H2,1-2H3,(H,11,13). The quantitative estimate of drug-likeness (QED) is 0.646. The summed E-state index contributed by atoms with van der Waals surface area (Å²) in [7, 11) is -3.82. The van der Waals surface area contributed by atoms with Crippen LogP contribution in [0.1, 0.15) is 26.7 Å². The molecule has 0 aromatic carbocycles. The molecule has 0 saturated carbocycles. The number of nitrogens with zero attached hydrogens (tertiary/aromatic N) is 1. The highest BCUT2D eigenvalue weighted by Crippen LogP contribution is 2.01. The molecule has 0 heterocycles. The van der Waals surface area contributed by atoms with Crippen molar-refractivity contribution in [3.05, 3.63) is 0 Å². The molecule has 8 heteroatoms. The molecular formula is C9H21N3O4S. The molecule has 102 valence electrons. The Kier molecular flexibility index (Phi) is 7.85. The van der Waals surface area contributed by atoms with Crippen LogP contribution in [0, 0.1) is 0 Å². The third kappa shape index (κ3) is 6.44. The summed E-state index contributed by atoms with van der Waals surface area (Å²) in [4.78, 5) is 11.1. The summed E-state index contributed by atoms with van der Waals surface area (Å²) in [5.41, 5.74) is 5.33. The van der Waals surface area contributed by atoms with E-state index in [-0.39, 0.29) is 6.61 Å². The van der Waals surface area contributed by atoms with Gasteiger partial charge in [0.1, 0.15) is 0 Å². The molecule has 0 rings (SSSR count). The second-order valence-corrected chi connectivity index (χ2v) is 5.04. The van der Waals surface area contributed by atoms with Crippen molar-refractivity contribution in [2.24, 2.45) is 5.73 Å². The van der Waals surface area contributed by atoms with Gasteiger partial charge in [-0.05, 0) is 26.3 Å². The Bertz CT molecular complexity index is 318. The summed E-state index contributed by atoms with van der Waals surface area (Å²) in [5.74, 6) is 0. The molecule has 1 amide bonds. The third-order valence-corrected chi connectivity index (χ3v) is 3.38. The number of carbonyl (C=O) groups excluding carboxylic acids is 1. The fraction of sp³-hybridized carbons (Fsp3) is 0.889. The lowest BCUT2D eigenvalue weighted by molar-refractivity contribution is 0.158. The van der Waals surface area contributed by atoms with Crippen LogP contribution in [-0.4, -0.2) is 45.1 Å². The lowest BCUT2D eigenvalue weighted by Gasteiger charge is -2.21. The van der Waals surface area contributed by atoms with Gasteiger partial charge in [-0.15, -0.1) is 0 Å². The SMILES string of the molecule is CCCN(CCCN)S(=O)(=O)NC(=O)OCC. The molecule has 0 aliphatic carbocycles. The summed E-state index contributed by atoms with van der Waals surface area (Å²) < 4.78 is 31.1. The molecule has 0 bridgehead atoms. The zero-order valence-electron chi connectivity index (χ0n) is 10.3. The average molecular weight is 267 g/mol.